The molecule has 0 nitrogen and oxygen atoms in total. The minimum absolute atomic E-state index is 0.114. The van der Waals surface area contributed by atoms with E-state index in [2.05, 4.69) is 11.8 Å². The van der Waals surface area contributed by atoms with Gasteiger partial charge in [0, 0.05) is 11.0 Å². The maximum Gasteiger partial charge on any atom is 0.416 e. The zero-order chi connectivity index (χ0) is 16.6. The molecule has 0 bridgehead atoms. The van der Waals surface area contributed by atoms with E-state index in [0.717, 1.165) is 25.7 Å². The van der Waals surface area contributed by atoms with Crippen LogP contribution in [0.1, 0.15) is 49.3 Å². The Morgan fingerprint density at radius 1 is 0.864 bits per heavy atom. The second-order valence-corrected chi connectivity index (χ2v) is 5.81. The molecule has 0 saturated heterocycles. The van der Waals surface area contributed by atoms with Crippen molar-refractivity contribution in [1.82, 2.24) is 0 Å². The van der Waals surface area contributed by atoms with Crippen LogP contribution in [0.3, 0.4) is 0 Å². The number of alkyl halides is 6. The first kappa shape index (κ1) is 16.7. The molecule has 6 heteroatoms. The highest BCUT2D eigenvalue weighted by Crippen LogP contribution is 2.38. The fourth-order valence-corrected chi connectivity index (χ4v) is 2.53. The van der Waals surface area contributed by atoms with Crippen molar-refractivity contribution in [2.24, 2.45) is 5.41 Å². The first-order valence-corrected chi connectivity index (χ1v) is 6.82. The molecule has 0 atom stereocenters. The van der Waals surface area contributed by atoms with Crippen molar-refractivity contribution in [2.75, 3.05) is 0 Å². The van der Waals surface area contributed by atoms with E-state index in [-0.39, 0.29) is 17.0 Å². The molecule has 0 spiro atoms. The van der Waals surface area contributed by atoms with Gasteiger partial charge >= 0.3 is 12.4 Å². The number of halogens is 6. The molecule has 0 aromatic heterocycles. The highest BCUT2D eigenvalue weighted by Gasteiger charge is 2.36. The summed E-state index contributed by atoms with van der Waals surface area (Å²) < 4.78 is 76.4. The van der Waals surface area contributed by atoms with Crippen LogP contribution in [0.4, 0.5) is 26.3 Å². The summed E-state index contributed by atoms with van der Waals surface area (Å²) in [5.74, 6) is 5.35. The Morgan fingerprint density at radius 2 is 1.32 bits per heavy atom. The van der Waals surface area contributed by atoms with E-state index in [1.54, 1.807) is 0 Å². The van der Waals surface area contributed by atoms with Crippen LogP contribution in [-0.2, 0) is 12.4 Å². The van der Waals surface area contributed by atoms with Crippen molar-refractivity contribution >= 4 is 0 Å². The van der Waals surface area contributed by atoms with Crippen molar-refractivity contribution in [1.29, 1.82) is 0 Å². The van der Waals surface area contributed by atoms with Crippen LogP contribution in [0.25, 0.3) is 0 Å². The summed E-state index contributed by atoms with van der Waals surface area (Å²) in [6.07, 6.45) is -6.11. The van der Waals surface area contributed by atoms with Crippen LogP contribution in [-0.4, -0.2) is 0 Å². The maximum atomic E-state index is 12.7. The zero-order valence-electron chi connectivity index (χ0n) is 11.8. The third kappa shape index (κ3) is 3.96. The highest BCUT2D eigenvalue weighted by atomic mass is 19.4. The van der Waals surface area contributed by atoms with Crippen molar-refractivity contribution in [3.05, 3.63) is 34.9 Å². The van der Waals surface area contributed by atoms with Gasteiger partial charge in [-0.2, -0.15) is 26.3 Å². The molecule has 1 aliphatic rings. The van der Waals surface area contributed by atoms with Gasteiger partial charge < -0.3 is 0 Å². The largest absolute Gasteiger partial charge is 0.416 e. The molecule has 1 aliphatic carbocycles. The van der Waals surface area contributed by atoms with E-state index in [4.69, 9.17) is 0 Å². The van der Waals surface area contributed by atoms with Gasteiger partial charge in [-0.15, -0.1) is 0 Å². The van der Waals surface area contributed by atoms with Crippen molar-refractivity contribution < 1.29 is 26.3 Å². The van der Waals surface area contributed by atoms with Crippen molar-refractivity contribution in [3.63, 3.8) is 0 Å². The molecule has 2 rings (SSSR count). The molecule has 1 fully saturated rings. The Kier molecular flexibility index (Phi) is 4.20. The third-order valence-electron chi connectivity index (χ3n) is 3.80. The summed E-state index contributed by atoms with van der Waals surface area (Å²) in [4.78, 5) is 0. The molecule has 0 radical (unpaired) electrons. The molecular formula is C16H14F6. The summed E-state index contributed by atoms with van der Waals surface area (Å²) in [5.41, 5.74) is -3.24. The fourth-order valence-electron chi connectivity index (χ4n) is 2.53. The quantitative estimate of drug-likeness (QED) is 0.428. The predicted molar refractivity (Wildman–Crippen MR) is 69.9 cm³/mol. The fraction of sp³-hybridized carbons (Fsp3) is 0.500. The Balaban J connectivity index is 2.45. The second-order valence-electron chi connectivity index (χ2n) is 5.81. The Morgan fingerprint density at radius 3 is 1.73 bits per heavy atom. The SMILES string of the molecule is CC1(C#Cc2cc(C(F)(F)F)cc(C(F)(F)F)c2)CCCC1. The monoisotopic (exact) mass is 320 g/mol. The standard InChI is InChI=1S/C16H14F6/c1-14(5-2-3-6-14)7-4-11-8-12(15(17,18)19)10-13(9-11)16(20,21)22/h8-10H,2-3,5-6H2,1H3. The minimum atomic E-state index is -4.84. The summed E-state index contributed by atoms with van der Waals surface area (Å²) in [7, 11) is 0. The summed E-state index contributed by atoms with van der Waals surface area (Å²) >= 11 is 0. The van der Waals surface area contributed by atoms with Gasteiger partial charge in [0.25, 0.3) is 0 Å². The van der Waals surface area contributed by atoms with Gasteiger partial charge in [0.05, 0.1) is 11.1 Å². The highest BCUT2D eigenvalue weighted by molar-refractivity contribution is 5.43. The van der Waals surface area contributed by atoms with E-state index >= 15 is 0 Å². The lowest BCUT2D eigenvalue weighted by atomic mass is 9.89. The van der Waals surface area contributed by atoms with Crippen LogP contribution < -0.4 is 0 Å². The van der Waals surface area contributed by atoms with Crippen molar-refractivity contribution in [2.45, 2.75) is 45.0 Å². The summed E-state index contributed by atoms with van der Waals surface area (Å²) in [5, 5.41) is 0. The van der Waals surface area contributed by atoms with E-state index in [1.807, 2.05) is 6.92 Å². The number of hydrogen-bond acceptors (Lipinski definition) is 0. The van der Waals surface area contributed by atoms with E-state index in [0.29, 0.717) is 12.1 Å². The van der Waals surface area contributed by atoms with Gasteiger partial charge in [-0.05, 0) is 38.0 Å². The first-order valence-electron chi connectivity index (χ1n) is 6.82. The maximum absolute atomic E-state index is 12.7. The Bertz CT molecular complexity index is 574. The molecule has 0 amide bonds. The number of hydrogen-bond donors (Lipinski definition) is 0. The molecule has 0 heterocycles. The van der Waals surface area contributed by atoms with Crippen molar-refractivity contribution in [3.8, 4) is 11.8 Å². The van der Waals surface area contributed by atoms with E-state index < -0.39 is 23.5 Å². The van der Waals surface area contributed by atoms with Crippen LogP contribution in [0, 0.1) is 17.3 Å². The zero-order valence-corrected chi connectivity index (χ0v) is 11.8. The van der Waals surface area contributed by atoms with Gasteiger partial charge in [0.2, 0.25) is 0 Å². The summed E-state index contributed by atoms with van der Waals surface area (Å²) in [6, 6.07) is 1.45. The second kappa shape index (κ2) is 5.53. The van der Waals surface area contributed by atoms with Crippen LogP contribution in [0.5, 0.6) is 0 Å². The molecule has 0 aliphatic heterocycles. The predicted octanol–water partition coefficient (Wildman–Crippen LogP) is 5.66. The Labute approximate surface area is 124 Å². The third-order valence-corrected chi connectivity index (χ3v) is 3.80. The van der Waals surface area contributed by atoms with Crippen LogP contribution >= 0.6 is 0 Å². The molecule has 22 heavy (non-hydrogen) atoms. The van der Waals surface area contributed by atoms with Gasteiger partial charge in [0.15, 0.2) is 0 Å². The van der Waals surface area contributed by atoms with E-state index in [1.165, 1.54) is 0 Å². The molecule has 120 valence electrons. The van der Waals surface area contributed by atoms with Crippen LogP contribution in [0.15, 0.2) is 18.2 Å². The Hall–Kier alpha value is -1.64. The van der Waals surface area contributed by atoms with E-state index in [9.17, 15) is 26.3 Å². The van der Waals surface area contributed by atoms with Gasteiger partial charge in [-0.1, -0.05) is 24.7 Å². The van der Waals surface area contributed by atoms with Gasteiger partial charge in [0.1, 0.15) is 0 Å². The summed E-state index contributed by atoms with van der Waals surface area (Å²) in [6.45, 7) is 1.88. The molecule has 1 aromatic rings. The normalized spacial score (nSPS) is 18.0. The topological polar surface area (TPSA) is 0 Å². The first-order chi connectivity index (χ1) is 10.00. The molecule has 1 aromatic carbocycles. The van der Waals surface area contributed by atoms with Gasteiger partial charge in [-0.25, -0.2) is 0 Å². The smallest absolute Gasteiger partial charge is 0.166 e. The number of rotatable bonds is 0. The average Bonchev–Trinajstić information content (AvgIpc) is 2.82. The molecule has 1 saturated carbocycles. The number of benzene rings is 1. The lowest BCUT2D eigenvalue weighted by molar-refractivity contribution is -0.143. The average molecular weight is 320 g/mol. The molecule has 0 unspecified atom stereocenters. The minimum Gasteiger partial charge on any atom is -0.166 e. The molecule has 0 N–H and O–H groups in total. The van der Waals surface area contributed by atoms with Crippen LogP contribution in [0.2, 0.25) is 0 Å². The van der Waals surface area contributed by atoms with Gasteiger partial charge in [-0.3, -0.25) is 0 Å². The lowest BCUT2D eigenvalue weighted by Gasteiger charge is -2.15. The molecular weight excluding hydrogens is 306 g/mol. The lowest BCUT2D eigenvalue weighted by Crippen LogP contribution is -2.11.